The van der Waals surface area contributed by atoms with Gasteiger partial charge in [0.2, 0.25) is 0 Å². The third-order valence-corrected chi connectivity index (χ3v) is 14.5. The van der Waals surface area contributed by atoms with Gasteiger partial charge in [-0.1, -0.05) is 154 Å². The van der Waals surface area contributed by atoms with Gasteiger partial charge in [-0.2, -0.15) is 0 Å². The molecule has 2 nitrogen and oxygen atoms in total. The smallest absolute Gasteiger partial charge is 0.104 e. The van der Waals surface area contributed by atoms with Crippen LogP contribution < -0.4 is 10.6 Å². The molecule has 2 unspecified atom stereocenters. The molecule has 1 spiro atoms. The number of allylic oxidation sites excluding steroid dienone is 7. The summed E-state index contributed by atoms with van der Waals surface area (Å²) in [6.07, 6.45) is 23.0. The molecule has 5 aromatic rings. The van der Waals surface area contributed by atoms with Crippen molar-refractivity contribution in [2.45, 2.75) is 94.7 Å². The van der Waals surface area contributed by atoms with Crippen molar-refractivity contribution in [3.05, 3.63) is 201 Å². The Labute approximate surface area is 338 Å². The molecule has 11 rings (SSSR count). The zero-order valence-corrected chi connectivity index (χ0v) is 33.4. The van der Waals surface area contributed by atoms with Crippen molar-refractivity contribution in [2.75, 3.05) is 0 Å². The molecule has 2 heteroatoms. The summed E-state index contributed by atoms with van der Waals surface area (Å²) in [6.45, 7) is 4.91. The van der Waals surface area contributed by atoms with E-state index in [0.717, 1.165) is 25.7 Å². The fourth-order valence-corrected chi connectivity index (χ4v) is 11.4. The molecule has 0 amide bonds. The van der Waals surface area contributed by atoms with Crippen molar-refractivity contribution in [2.24, 2.45) is 0 Å². The van der Waals surface area contributed by atoms with Crippen molar-refractivity contribution in [1.82, 2.24) is 10.6 Å². The summed E-state index contributed by atoms with van der Waals surface area (Å²) >= 11 is 0. The van der Waals surface area contributed by atoms with Crippen LogP contribution in [0.15, 0.2) is 162 Å². The van der Waals surface area contributed by atoms with Gasteiger partial charge in [-0.05, 0) is 146 Å². The number of fused-ring (bicyclic) bond motifs is 8. The zero-order valence-electron chi connectivity index (χ0n) is 33.4. The predicted molar refractivity (Wildman–Crippen MR) is 238 cm³/mol. The van der Waals surface area contributed by atoms with Crippen molar-refractivity contribution in [3.8, 4) is 22.3 Å². The van der Waals surface area contributed by atoms with Gasteiger partial charge in [-0.15, -0.1) is 0 Å². The molecule has 1 fully saturated rings. The lowest BCUT2D eigenvalue weighted by atomic mass is 9.67. The van der Waals surface area contributed by atoms with Crippen molar-refractivity contribution < 1.29 is 0 Å². The Balaban J connectivity index is 0.863. The van der Waals surface area contributed by atoms with Crippen LogP contribution in [0.5, 0.6) is 0 Å². The van der Waals surface area contributed by atoms with Gasteiger partial charge in [0.15, 0.2) is 0 Å². The van der Waals surface area contributed by atoms with Crippen LogP contribution in [0.1, 0.15) is 117 Å². The highest BCUT2D eigenvalue weighted by Crippen LogP contribution is 2.60. The summed E-state index contributed by atoms with van der Waals surface area (Å²) in [5, 5.41) is 7.68. The maximum atomic E-state index is 3.91. The molecule has 5 aliphatic carbocycles. The lowest BCUT2D eigenvalue weighted by molar-refractivity contribution is 0.353. The van der Waals surface area contributed by atoms with Gasteiger partial charge >= 0.3 is 0 Å². The van der Waals surface area contributed by atoms with E-state index in [-0.39, 0.29) is 23.0 Å². The number of hydrogen-bond acceptors (Lipinski definition) is 2. The Bertz CT molecular complexity index is 2570. The fraction of sp³-hybridized carbons (Fsp3) is 0.273. The first-order valence-corrected chi connectivity index (χ1v) is 21.5. The normalized spacial score (nSPS) is 22.5. The molecule has 0 bridgehead atoms. The van der Waals surface area contributed by atoms with E-state index in [9.17, 15) is 0 Å². The second-order valence-corrected chi connectivity index (χ2v) is 17.9. The molecule has 0 radical (unpaired) electrons. The zero-order chi connectivity index (χ0) is 38.1. The van der Waals surface area contributed by atoms with E-state index < -0.39 is 0 Å². The number of benzene rings is 5. The second kappa shape index (κ2) is 13.6. The van der Waals surface area contributed by atoms with Crippen LogP contribution in [0.2, 0.25) is 0 Å². The molecular formula is C55H52N2. The van der Waals surface area contributed by atoms with E-state index in [1.54, 1.807) is 11.1 Å². The standard InChI is InChI=1S/C55H52N2/c1-54(2)48-32-42(28-29-44(48)45-34-50-46(33-49(45)54)43-18-10-11-19-47(43)55(50)30-12-5-13-31-55)38-22-20-36(21-23-38)37-24-26-40(27-25-37)52-35-51(39-14-6-3-7-15-39)56-53(57-52)41-16-8-4-9-17-41/h3-4,6-11,14-20,22,24,26,28-29,32-35,52-53,56-57H,5,12-13,21,23,25,27,30-31H2,1-2H3. The van der Waals surface area contributed by atoms with E-state index in [1.807, 2.05) is 0 Å². The van der Waals surface area contributed by atoms with Crippen molar-refractivity contribution in [3.63, 3.8) is 0 Å². The highest BCUT2D eigenvalue weighted by Gasteiger charge is 2.46. The van der Waals surface area contributed by atoms with E-state index in [4.69, 9.17) is 0 Å². The first-order valence-electron chi connectivity index (χ1n) is 21.5. The Morgan fingerprint density at radius 1 is 0.509 bits per heavy atom. The molecular weight excluding hydrogens is 689 g/mol. The maximum Gasteiger partial charge on any atom is 0.104 e. The average molecular weight is 741 g/mol. The van der Waals surface area contributed by atoms with Gasteiger partial charge in [0, 0.05) is 16.5 Å². The van der Waals surface area contributed by atoms with Gasteiger partial charge in [0.25, 0.3) is 0 Å². The second-order valence-electron chi connectivity index (χ2n) is 17.9. The molecule has 5 aromatic carbocycles. The van der Waals surface area contributed by atoms with Crippen LogP contribution in [0.25, 0.3) is 33.5 Å². The topological polar surface area (TPSA) is 24.1 Å². The molecule has 1 saturated carbocycles. The summed E-state index contributed by atoms with van der Waals surface area (Å²) in [5.41, 5.74) is 23.2. The first-order chi connectivity index (χ1) is 28.0. The Morgan fingerprint density at radius 3 is 1.89 bits per heavy atom. The van der Waals surface area contributed by atoms with Gasteiger partial charge < -0.3 is 5.32 Å². The van der Waals surface area contributed by atoms with Gasteiger partial charge in [-0.25, -0.2) is 0 Å². The van der Waals surface area contributed by atoms with Crippen LogP contribution in [0.4, 0.5) is 0 Å². The fourth-order valence-electron chi connectivity index (χ4n) is 11.4. The van der Waals surface area contributed by atoms with Gasteiger partial charge in [0.05, 0.1) is 6.04 Å². The first kappa shape index (κ1) is 34.8. The Kier molecular flexibility index (Phi) is 8.30. The van der Waals surface area contributed by atoms with Crippen LogP contribution >= 0.6 is 0 Å². The summed E-state index contributed by atoms with van der Waals surface area (Å²) in [6, 6.07) is 43.6. The van der Waals surface area contributed by atoms with E-state index in [2.05, 4.69) is 170 Å². The molecule has 1 aliphatic heterocycles. The van der Waals surface area contributed by atoms with E-state index in [0.29, 0.717) is 0 Å². The highest BCUT2D eigenvalue weighted by atomic mass is 15.2. The van der Waals surface area contributed by atoms with Gasteiger partial charge in [0.1, 0.15) is 6.17 Å². The third kappa shape index (κ3) is 5.71. The van der Waals surface area contributed by atoms with Crippen LogP contribution in [0.3, 0.4) is 0 Å². The lowest BCUT2D eigenvalue weighted by Gasteiger charge is -2.36. The average Bonchev–Trinajstić information content (AvgIpc) is 3.66. The Hall–Kier alpha value is -5.44. The molecule has 1 heterocycles. The number of rotatable bonds is 5. The SMILES string of the molecule is CC1(C)c2cc(C3=CC=C(C4=CC=C(C5C=C(c6ccccc6)NC(c6ccccc6)N5)CC4)CC3)ccc2-c2cc3c(cc21)-c1ccccc1C31CCCCC1. The maximum absolute atomic E-state index is 3.91. The summed E-state index contributed by atoms with van der Waals surface area (Å²) < 4.78 is 0. The molecule has 282 valence electrons. The van der Waals surface area contributed by atoms with Crippen LogP contribution in [0, 0.1) is 0 Å². The third-order valence-electron chi connectivity index (χ3n) is 14.5. The minimum Gasteiger partial charge on any atom is -0.366 e. The molecule has 6 aliphatic rings. The van der Waals surface area contributed by atoms with Crippen molar-refractivity contribution in [1.29, 1.82) is 0 Å². The molecule has 2 N–H and O–H groups in total. The highest BCUT2D eigenvalue weighted by molar-refractivity contribution is 5.90. The minimum atomic E-state index is -0.0401. The Morgan fingerprint density at radius 2 is 1.14 bits per heavy atom. The van der Waals surface area contributed by atoms with Crippen LogP contribution in [-0.2, 0) is 10.8 Å². The van der Waals surface area contributed by atoms with Crippen molar-refractivity contribution >= 4 is 11.3 Å². The molecule has 2 atom stereocenters. The quantitative estimate of drug-likeness (QED) is 0.187. The largest absolute Gasteiger partial charge is 0.366 e. The molecule has 57 heavy (non-hydrogen) atoms. The number of nitrogens with one attached hydrogen (secondary N) is 2. The summed E-state index contributed by atoms with van der Waals surface area (Å²) in [4.78, 5) is 0. The summed E-state index contributed by atoms with van der Waals surface area (Å²) in [7, 11) is 0. The monoisotopic (exact) mass is 740 g/mol. The van der Waals surface area contributed by atoms with Gasteiger partial charge in [-0.3, -0.25) is 5.32 Å². The summed E-state index contributed by atoms with van der Waals surface area (Å²) in [5.74, 6) is 0. The number of hydrogen-bond donors (Lipinski definition) is 2. The van der Waals surface area contributed by atoms with E-state index >= 15 is 0 Å². The van der Waals surface area contributed by atoms with Crippen LogP contribution in [-0.4, -0.2) is 6.04 Å². The minimum absolute atomic E-state index is 0.0401. The molecule has 0 aromatic heterocycles. The lowest BCUT2D eigenvalue weighted by Crippen LogP contribution is -2.44. The van der Waals surface area contributed by atoms with E-state index in [1.165, 1.54) is 110 Å². The molecule has 0 saturated heterocycles. The predicted octanol–water partition coefficient (Wildman–Crippen LogP) is 13.3.